The predicted molar refractivity (Wildman–Crippen MR) is 175 cm³/mol. The van der Waals surface area contributed by atoms with E-state index < -0.39 is 0 Å². The van der Waals surface area contributed by atoms with E-state index in [-0.39, 0.29) is 21.7 Å². The first-order valence-electron chi connectivity index (χ1n) is 16.0. The number of hydrogen-bond donors (Lipinski definition) is 0. The Hall–Kier alpha value is -2.86. The SMILES string of the molecule is CCC1(CC)CC(C)(C)c2cc3c(c(-c4cc5ccc6cccc7ccc(c4)c5c67)c21)C(CC)(CC)CC3(C)C. The molecule has 0 N–H and O–H groups in total. The summed E-state index contributed by atoms with van der Waals surface area (Å²) in [6, 6.07) is 24.0. The van der Waals surface area contributed by atoms with E-state index in [2.05, 4.69) is 116 Å². The standard InChI is InChI=1S/C40H46/c1-9-39(10-2)23-37(5,6)30-22-31-36(40(11-3,12-4)24-38(31,7)8)34(35(30)39)29-20-27-18-16-25-14-13-15-26-17-19-28(21-29)33(27)32(25)26/h13-22H,9-12,23-24H2,1-8H3. The Kier molecular flexibility index (Phi) is 5.44. The van der Waals surface area contributed by atoms with E-state index in [0.29, 0.717) is 0 Å². The van der Waals surface area contributed by atoms with Gasteiger partial charge in [-0.05, 0) is 138 Å². The van der Waals surface area contributed by atoms with E-state index in [1.807, 2.05) is 0 Å². The molecule has 7 rings (SSSR count). The molecule has 0 fully saturated rings. The summed E-state index contributed by atoms with van der Waals surface area (Å²) in [7, 11) is 0. The van der Waals surface area contributed by atoms with Crippen LogP contribution in [-0.4, -0.2) is 0 Å². The van der Waals surface area contributed by atoms with Crippen molar-refractivity contribution in [1.82, 2.24) is 0 Å². The molecule has 0 radical (unpaired) electrons. The monoisotopic (exact) mass is 526 g/mol. The highest BCUT2D eigenvalue weighted by atomic mass is 14.6. The molecule has 5 aromatic carbocycles. The van der Waals surface area contributed by atoms with Crippen LogP contribution in [0.3, 0.4) is 0 Å². The summed E-state index contributed by atoms with van der Waals surface area (Å²) in [6.07, 6.45) is 7.31. The molecule has 0 saturated heterocycles. The quantitative estimate of drug-likeness (QED) is 0.200. The minimum absolute atomic E-state index is 0.182. The molecule has 0 aliphatic heterocycles. The van der Waals surface area contributed by atoms with Gasteiger partial charge in [0.2, 0.25) is 0 Å². The van der Waals surface area contributed by atoms with E-state index in [4.69, 9.17) is 0 Å². The summed E-state index contributed by atoms with van der Waals surface area (Å²) in [5, 5.41) is 8.31. The van der Waals surface area contributed by atoms with E-state index in [1.54, 1.807) is 27.8 Å². The van der Waals surface area contributed by atoms with Crippen molar-refractivity contribution >= 4 is 32.3 Å². The Morgan fingerprint density at radius 1 is 0.525 bits per heavy atom. The van der Waals surface area contributed by atoms with Crippen molar-refractivity contribution in [1.29, 1.82) is 0 Å². The molecule has 0 nitrogen and oxygen atoms in total. The number of fused-ring (bicyclic) bond motifs is 2. The molecule has 2 aliphatic rings. The van der Waals surface area contributed by atoms with Gasteiger partial charge in [-0.2, -0.15) is 0 Å². The zero-order valence-electron chi connectivity index (χ0n) is 26.0. The molecule has 0 bridgehead atoms. The van der Waals surface area contributed by atoms with Gasteiger partial charge in [-0.15, -0.1) is 0 Å². The lowest BCUT2D eigenvalue weighted by Gasteiger charge is -2.36. The number of rotatable bonds is 5. The highest BCUT2D eigenvalue weighted by Gasteiger charge is 2.53. The lowest BCUT2D eigenvalue weighted by Crippen LogP contribution is -2.27. The maximum atomic E-state index is 2.71. The third-order valence-corrected chi connectivity index (χ3v) is 11.9. The molecular weight excluding hydrogens is 480 g/mol. The fraction of sp³-hybridized carbons (Fsp3) is 0.450. The van der Waals surface area contributed by atoms with Gasteiger partial charge in [-0.3, -0.25) is 0 Å². The molecule has 206 valence electrons. The van der Waals surface area contributed by atoms with Crippen molar-refractivity contribution in [2.24, 2.45) is 0 Å². The lowest BCUT2D eigenvalue weighted by molar-refractivity contribution is 0.323. The minimum Gasteiger partial charge on any atom is -0.0645 e. The first-order valence-corrected chi connectivity index (χ1v) is 16.0. The van der Waals surface area contributed by atoms with Crippen LogP contribution < -0.4 is 0 Å². The second-order valence-corrected chi connectivity index (χ2v) is 14.7. The van der Waals surface area contributed by atoms with Gasteiger partial charge in [-0.25, -0.2) is 0 Å². The zero-order chi connectivity index (χ0) is 28.2. The summed E-state index contributed by atoms with van der Waals surface area (Å²) in [4.78, 5) is 0. The highest BCUT2D eigenvalue weighted by Crippen LogP contribution is 2.63. The van der Waals surface area contributed by atoms with Crippen LogP contribution in [-0.2, 0) is 21.7 Å². The van der Waals surface area contributed by atoms with E-state index in [0.717, 1.165) is 0 Å². The van der Waals surface area contributed by atoms with Crippen LogP contribution in [0.25, 0.3) is 43.4 Å². The summed E-state index contributed by atoms with van der Waals surface area (Å²) < 4.78 is 0. The second-order valence-electron chi connectivity index (χ2n) is 14.7. The summed E-state index contributed by atoms with van der Waals surface area (Å²) in [6.45, 7) is 19.9. The largest absolute Gasteiger partial charge is 0.0645 e. The topological polar surface area (TPSA) is 0 Å². The Bertz CT molecular complexity index is 1660. The lowest BCUT2D eigenvalue weighted by atomic mass is 9.68. The first-order chi connectivity index (χ1) is 19.0. The Morgan fingerprint density at radius 3 is 1.35 bits per heavy atom. The fourth-order valence-electron chi connectivity index (χ4n) is 9.81. The van der Waals surface area contributed by atoms with Gasteiger partial charge in [0.1, 0.15) is 0 Å². The van der Waals surface area contributed by atoms with Gasteiger partial charge < -0.3 is 0 Å². The molecule has 2 aliphatic carbocycles. The van der Waals surface area contributed by atoms with Crippen molar-refractivity contribution in [3.05, 3.63) is 82.9 Å². The van der Waals surface area contributed by atoms with Gasteiger partial charge in [0, 0.05) is 0 Å². The van der Waals surface area contributed by atoms with Crippen LogP contribution in [0.1, 0.15) is 116 Å². The summed E-state index contributed by atoms with van der Waals surface area (Å²) >= 11 is 0. The van der Waals surface area contributed by atoms with Crippen LogP contribution in [0, 0.1) is 0 Å². The Balaban J connectivity index is 1.67. The van der Waals surface area contributed by atoms with Gasteiger partial charge in [0.25, 0.3) is 0 Å². The molecule has 40 heavy (non-hydrogen) atoms. The third-order valence-electron chi connectivity index (χ3n) is 11.9. The second kappa shape index (κ2) is 8.34. The maximum Gasteiger partial charge on any atom is -0.00264 e. The Labute approximate surface area is 241 Å². The Morgan fingerprint density at radius 2 is 0.925 bits per heavy atom. The van der Waals surface area contributed by atoms with Gasteiger partial charge in [0.05, 0.1) is 0 Å². The molecule has 0 unspecified atom stereocenters. The molecule has 0 heteroatoms. The number of benzene rings is 5. The van der Waals surface area contributed by atoms with Gasteiger partial charge >= 0.3 is 0 Å². The predicted octanol–water partition coefficient (Wildman–Crippen LogP) is 11.7. The van der Waals surface area contributed by atoms with Crippen molar-refractivity contribution < 1.29 is 0 Å². The third kappa shape index (κ3) is 3.20. The minimum atomic E-state index is 0.182. The molecule has 5 aromatic rings. The van der Waals surface area contributed by atoms with E-state index in [1.165, 1.54) is 76.4 Å². The van der Waals surface area contributed by atoms with Gasteiger partial charge in [-0.1, -0.05) is 104 Å². The van der Waals surface area contributed by atoms with Crippen molar-refractivity contribution in [2.75, 3.05) is 0 Å². The van der Waals surface area contributed by atoms with Crippen LogP contribution in [0.2, 0.25) is 0 Å². The molecule has 0 spiro atoms. The normalized spacial score (nSPS) is 20.0. The van der Waals surface area contributed by atoms with Gasteiger partial charge in [0.15, 0.2) is 0 Å². The van der Waals surface area contributed by atoms with Crippen LogP contribution >= 0.6 is 0 Å². The van der Waals surface area contributed by atoms with Crippen molar-refractivity contribution in [3.8, 4) is 11.1 Å². The maximum absolute atomic E-state index is 2.71. The zero-order valence-corrected chi connectivity index (χ0v) is 26.0. The molecule has 0 saturated carbocycles. The smallest absolute Gasteiger partial charge is 0.00264 e. The van der Waals surface area contributed by atoms with Crippen molar-refractivity contribution in [2.45, 2.75) is 116 Å². The average molecular weight is 527 g/mol. The molecular formula is C40H46. The van der Waals surface area contributed by atoms with E-state index >= 15 is 0 Å². The van der Waals surface area contributed by atoms with Crippen LogP contribution in [0.15, 0.2) is 60.7 Å². The first kappa shape index (κ1) is 26.1. The molecule has 0 atom stereocenters. The summed E-state index contributed by atoms with van der Waals surface area (Å²) in [5.74, 6) is 0. The van der Waals surface area contributed by atoms with Crippen LogP contribution in [0.5, 0.6) is 0 Å². The molecule has 0 aromatic heterocycles. The molecule has 0 amide bonds. The molecule has 0 heterocycles. The van der Waals surface area contributed by atoms with Crippen LogP contribution in [0.4, 0.5) is 0 Å². The highest BCUT2D eigenvalue weighted by molar-refractivity contribution is 6.23. The average Bonchev–Trinajstić information content (AvgIpc) is 3.34. The fourth-order valence-corrected chi connectivity index (χ4v) is 9.81. The van der Waals surface area contributed by atoms with E-state index in [9.17, 15) is 0 Å². The van der Waals surface area contributed by atoms with Crippen molar-refractivity contribution in [3.63, 3.8) is 0 Å². The summed E-state index contributed by atoms with van der Waals surface area (Å²) in [5.41, 5.74) is 10.5. The number of hydrogen-bond acceptors (Lipinski definition) is 0.